The zero-order valence-corrected chi connectivity index (χ0v) is 35.2. The monoisotopic (exact) mass is 898 g/mol. The predicted octanol–water partition coefficient (Wildman–Crippen LogP) is 13.2. The van der Waals surface area contributed by atoms with Crippen molar-refractivity contribution in [3.63, 3.8) is 0 Å². The van der Waals surface area contributed by atoms with Gasteiger partial charge < -0.3 is 14.4 Å². The molecule has 5 heteroatoms. The summed E-state index contributed by atoms with van der Waals surface area (Å²) in [5, 5.41) is 11.0. The van der Waals surface area contributed by atoms with Gasteiger partial charge in [-0.25, -0.2) is 0 Å². The van der Waals surface area contributed by atoms with Gasteiger partial charge in [0.1, 0.15) is 5.58 Å². The van der Waals surface area contributed by atoms with Crippen LogP contribution in [0.5, 0.6) is 0 Å². The molecule has 0 bridgehead atoms. The van der Waals surface area contributed by atoms with Crippen LogP contribution in [-0.2, 0) is 20.1 Å². The maximum atomic E-state index is 8.38. The molecule has 0 aliphatic rings. The summed E-state index contributed by atoms with van der Waals surface area (Å²) in [4.78, 5) is 9.10. The molecule has 9 aromatic rings. The first kappa shape index (κ1) is 36.1. The van der Waals surface area contributed by atoms with Crippen LogP contribution >= 0.6 is 0 Å². The van der Waals surface area contributed by atoms with E-state index >= 15 is 0 Å². The van der Waals surface area contributed by atoms with Gasteiger partial charge >= 0.3 is 0 Å². The van der Waals surface area contributed by atoms with Crippen LogP contribution in [0.1, 0.15) is 52.0 Å². The van der Waals surface area contributed by atoms with Gasteiger partial charge in [-0.05, 0) is 46.1 Å². The summed E-state index contributed by atoms with van der Waals surface area (Å²) in [6.07, 6.45) is 3.66. The zero-order valence-electron chi connectivity index (χ0n) is 32.8. The smallest absolute Gasteiger partial charge is 0.128 e. The van der Waals surface area contributed by atoms with Gasteiger partial charge in [0, 0.05) is 44.6 Å². The molecule has 1 radical (unpaired) electrons. The molecule has 0 atom stereocenters. The van der Waals surface area contributed by atoms with E-state index < -0.39 is 14.0 Å². The van der Waals surface area contributed by atoms with E-state index in [1.54, 1.807) is 6.20 Å². The van der Waals surface area contributed by atoms with Crippen molar-refractivity contribution in [1.82, 2.24) is 9.97 Å². The van der Waals surface area contributed by atoms with Crippen molar-refractivity contribution < 1.29 is 25.9 Å². The van der Waals surface area contributed by atoms with E-state index in [4.69, 9.17) is 5.79 Å². The Bertz CT molecular complexity index is 2850. The topological polar surface area (TPSA) is 38.9 Å². The van der Waals surface area contributed by atoms with E-state index in [1.807, 2.05) is 38.2 Å². The Morgan fingerprint density at radius 2 is 1.28 bits per heavy atom. The summed E-state index contributed by atoms with van der Waals surface area (Å²) in [5.74, 6) is -0.190. The molecule has 0 saturated carbocycles. The number of fused-ring (bicyclic) bond motifs is 8. The van der Waals surface area contributed by atoms with E-state index in [0.29, 0.717) is 5.92 Å². The van der Waals surface area contributed by atoms with E-state index in [1.165, 1.54) is 37.7 Å². The fourth-order valence-electron chi connectivity index (χ4n) is 7.11. The van der Waals surface area contributed by atoms with Gasteiger partial charge in [-0.1, -0.05) is 164 Å². The molecule has 54 heavy (non-hydrogen) atoms. The van der Waals surface area contributed by atoms with Crippen LogP contribution < -0.4 is 5.19 Å². The minimum Gasteiger partial charge on any atom is -0.500 e. The van der Waals surface area contributed by atoms with Crippen molar-refractivity contribution >= 4 is 67.5 Å². The van der Waals surface area contributed by atoms with E-state index in [2.05, 4.69) is 153 Å². The normalized spacial score (nSPS) is 12.3. The first-order valence-corrected chi connectivity index (χ1v) is 21.9. The quantitative estimate of drug-likeness (QED) is 0.0981. The second-order valence-electron chi connectivity index (χ2n) is 15.5. The Hall–Kier alpha value is -4.93. The number of hydrogen-bond donors (Lipinski definition) is 0. The molecule has 3 aromatic heterocycles. The molecule has 3 heterocycles. The third-order valence-electron chi connectivity index (χ3n) is 10.3. The maximum Gasteiger partial charge on any atom is 0.128 e. The largest absolute Gasteiger partial charge is 0.500 e. The SMILES string of the molecule is CC(C)c1ccnc(-c2[c-]cc3c(ccc4ccccc43)c2)c1.[2H]C(C)(C)c1ccnc(-c2[c-]ccc3c2oc2c4ccc([Si](C)(C)C)cc4ccc32)c1.[Ir]. The first-order chi connectivity index (χ1) is 25.8. The number of hydrogen-bond acceptors (Lipinski definition) is 3. The van der Waals surface area contributed by atoms with E-state index in [-0.39, 0.29) is 20.1 Å². The van der Waals surface area contributed by atoms with Crippen LogP contribution in [-0.4, -0.2) is 18.0 Å². The molecule has 271 valence electrons. The molecule has 6 aromatic carbocycles. The number of benzene rings is 6. The van der Waals surface area contributed by atoms with Crippen molar-refractivity contribution in [2.75, 3.05) is 0 Å². The molecule has 0 amide bonds. The average Bonchev–Trinajstić information content (AvgIpc) is 3.56. The fraction of sp³-hybridized carbons (Fsp3) is 0.184. The molecule has 0 aliphatic carbocycles. The molecule has 0 aliphatic heterocycles. The summed E-state index contributed by atoms with van der Waals surface area (Å²) >= 11 is 0. The number of furan rings is 1. The molecule has 9 rings (SSSR count). The Morgan fingerprint density at radius 3 is 2.06 bits per heavy atom. The summed E-state index contributed by atoms with van der Waals surface area (Å²) in [6.45, 7) is 15.3. The van der Waals surface area contributed by atoms with Crippen molar-refractivity contribution in [2.45, 2.75) is 59.1 Å². The van der Waals surface area contributed by atoms with Crippen LogP contribution in [0.25, 0.3) is 76.8 Å². The van der Waals surface area contributed by atoms with Crippen molar-refractivity contribution in [3.05, 3.63) is 151 Å². The third kappa shape index (κ3) is 7.17. The van der Waals surface area contributed by atoms with Gasteiger partial charge in [0.2, 0.25) is 0 Å². The van der Waals surface area contributed by atoms with Gasteiger partial charge in [-0.3, -0.25) is 0 Å². The van der Waals surface area contributed by atoms with Crippen LogP contribution in [0, 0.1) is 12.1 Å². The number of rotatable bonds is 5. The molecule has 0 unspecified atom stereocenters. The zero-order chi connectivity index (χ0) is 37.8. The van der Waals surface area contributed by atoms with Gasteiger partial charge in [-0.2, -0.15) is 0 Å². The maximum absolute atomic E-state index is 8.38. The molecule has 0 spiro atoms. The van der Waals surface area contributed by atoms with Crippen LogP contribution in [0.3, 0.4) is 0 Å². The van der Waals surface area contributed by atoms with Crippen LogP contribution in [0.15, 0.2) is 132 Å². The van der Waals surface area contributed by atoms with Gasteiger partial charge in [0.05, 0.1) is 13.7 Å². The Balaban J connectivity index is 0.000000173. The predicted molar refractivity (Wildman–Crippen MR) is 228 cm³/mol. The van der Waals surface area contributed by atoms with Crippen molar-refractivity contribution in [3.8, 4) is 22.5 Å². The van der Waals surface area contributed by atoms with Crippen LogP contribution in [0.4, 0.5) is 0 Å². The summed E-state index contributed by atoms with van der Waals surface area (Å²) in [6, 6.07) is 47.2. The van der Waals surface area contributed by atoms with Crippen molar-refractivity contribution in [2.24, 2.45) is 0 Å². The minimum absolute atomic E-state index is 0. The second kappa shape index (κ2) is 15.1. The molecular formula is C49H44IrN2OSi-2. The molecule has 0 saturated heterocycles. The summed E-state index contributed by atoms with van der Waals surface area (Å²) in [7, 11) is -1.38. The minimum atomic E-state index is -1.38. The number of pyridine rings is 2. The fourth-order valence-corrected chi connectivity index (χ4v) is 8.28. The Kier molecular flexibility index (Phi) is 10.1. The third-order valence-corrected chi connectivity index (χ3v) is 12.3. The molecular weight excluding hydrogens is 853 g/mol. The Labute approximate surface area is 334 Å². The van der Waals surface area contributed by atoms with E-state index in [9.17, 15) is 0 Å². The molecule has 0 fully saturated rings. The van der Waals surface area contributed by atoms with Gasteiger partial charge in [-0.15, -0.1) is 47.3 Å². The average molecular weight is 898 g/mol. The summed E-state index contributed by atoms with van der Waals surface area (Å²) in [5.41, 5.74) is 7.60. The number of aromatic nitrogens is 2. The van der Waals surface area contributed by atoms with Gasteiger partial charge in [0.25, 0.3) is 0 Å². The van der Waals surface area contributed by atoms with Crippen LogP contribution in [0.2, 0.25) is 19.6 Å². The molecule has 0 N–H and O–H groups in total. The molecule has 3 nitrogen and oxygen atoms in total. The second-order valence-corrected chi connectivity index (χ2v) is 20.6. The number of nitrogens with zero attached hydrogens (tertiary/aromatic N) is 2. The van der Waals surface area contributed by atoms with Gasteiger partial charge in [0.15, 0.2) is 0 Å². The standard InChI is InChI=1S/C27H26NOSi.C22H18N.Ir/c1-17(2)18-13-14-28-25(16-18)24-8-6-7-22-23-11-9-19-15-20(30(3,4)5)10-12-21(19)26(23)29-27(22)24;1-15(2)17-11-12-23-22(14-17)19-9-10-21-18(13-19)8-7-16-5-3-4-6-20(16)21;/h6-7,9-17H,1-5H3;3-8,10-15H,1-2H3;/q2*-1;/i17D;;. The Morgan fingerprint density at radius 1 is 0.611 bits per heavy atom. The first-order valence-electron chi connectivity index (χ1n) is 18.9. The summed E-state index contributed by atoms with van der Waals surface area (Å²) < 4.78 is 14.9. The van der Waals surface area contributed by atoms with Crippen molar-refractivity contribution in [1.29, 1.82) is 0 Å². The van der Waals surface area contributed by atoms with E-state index in [0.717, 1.165) is 55.4 Å².